The van der Waals surface area contributed by atoms with Gasteiger partial charge in [0.25, 0.3) is 0 Å². The van der Waals surface area contributed by atoms with Gasteiger partial charge in [0, 0.05) is 25.3 Å². The van der Waals surface area contributed by atoms with Gasteiger partial charge in [-0.15, -0.1) is 0 Å². The largest absolute Gasteiger partial charge is 0.327 e. The first kappa shape index (κ1) is 15.9. The summed E-state index contributed by atoms with van der Waals surface area (Å²) < 4.78 is 1.08. The molecular weight excluding hydrogens is 354 g/mol. The van der Waals surface area contributed by atoms with Crippen LogP contribution >= 0.6 is 39.3 Å². The fourth-order valence-corrected chi connectivity index (χ4v) is 3.64. The minimum atomic E-state index is 0.177. The Hall–Kier alpha value is -0.480. The smallest absolute Gasteiger partial charge is 0.0449 e. The standard InChI is InChI=1S/C16H17BrClNS/c1-2-13(19)8-11-6-7-15(10-16(11)18)20-14-5-3-4-12(17)9-14/h3-7,9-10,13H,2,8,19H2,1H3. The van der Waals surface area contributed by atoms with E-state index in [1.54, 1.807) is 11.8 Å². The van der Waals surface area contributed by atoms with Crippen LogP contribution in [0.25, 0.3) is 0 Å². The van der Waals surface area contributed by atoms with Crippen LogP contribution in [0, 0.1) is 0 Å². The molecule has 0 aliphatic carbocycles. The van der Waals surface area contributed by atoms with Gasteiger partial charge in [0.15, 0.2) is 0 Å². The molecule has 0 heterocycles. The van der Waals surface area contributed by atoms with E-state index in [1.807, 2.05) is 18.2 Å². The Morgan fingerprint density at radius 1 is 1.20 bits per heavy atom. The van der Waals surface area contributed by atoms with E-state index < -0.39 is 0 Å². The molecule has 1 atom stereocenters. The Balaban J connectivity index is 2.13. The van der Waals surface area contributed by atoms with Gasteiger partial charge in [-0.25, -0.2) is 0 Å². The van der Waals surface area contributed by atoms with Crippen molar-refractivity contribution < 1.29 is 0 Å². The highest BCUT2D eigenvalue weighted by molar-refractivity contribution is 9.10. The maximum atomic E-state index is 6.35. The van der Waals surface area contributed by atoms with E-state index in [9.17, 15) is 0 Å². The summed E-state index contributed by atoms with van der Waals surface area (Å²) in [6, 6.07) is 14.6. The zero-order chi connectivity index (χ0) is 14.5. The van der Waals surface area contributed by atoms with Crippen molar-refractivity contribution in [3.63, 3.8) is 0 Å². The summed E-state index contributed by atoms with van der Waals surface area (Å²) in [5.41, 5.74) is 7.11. The van der Waals surface area contributed by atoms with Crippen LogP contribution in [0.4, 0.5) is 0 Å². The second-order valence-corrected chi connectivity index (χ2v) is 7.15. The minimum absolute atomic E-state index is 0.177. The van der Waals surface area contributed by atoms with E-state index in [0.29, 0.717) is 0 Å². The average Bonchev–Trinajstić information content (AvgIpc) is 2.41. The van der Waals surface area contributed by atoms with Crippen molar-refractivity contribution >= 4 is 39.3 Å². The van der Waals surface area contributed by atoms with Crippen molar-refractivity contribution in [2.24, 2.45) is 5.73 Å². The average molecular weight is 371 g/mol. The molecule has 0 saturated heterocycles. The van der Waals surface area contributed by atoms with E-state index in [-0.39, 0.29) is 6.04 Å². The Bertz CT molecular complexity index is 588. The van der Waals surface area contributed by atoms with Crippen molar-refractivity contribution in [3.05, 3.63) is 57.5 Å². The molecule has 2 rings (SSSR count). The molecule has 2 aromatic rings. The minimum Gasteiger partial charge on any atom is -0.327 e. The quantitative estimate of drug-likeness (QED) is 0.748. The lowest BCUT2D eigenvalue weighted by Gasteiger charge is -2.11. The van der Waals surface area contributed by atoms with Gasteiger partial charge >= 0.3 is 0 Å². The molecule has 0 radical (unpaired) electrons. The topological polar surface area (TPSA) is 26.0 Å². The number of hydrogen-bond acceptors (Lipinski definition) is 2. The molecule has 0 aromatic heterocycles. The fraction of sp³-hybridized carbons (Fsp3) is 0.250. The van der Waals surface area contributed by atoms with Gasteiger partial charge in [0.05, 0.1) is 0 Å². The van der Waals surface area contributed by atoms with Gasteiger partial charge in [0.2, 0.25) is 0 Å². The lowest BCUT2D eigenvalue weighted by molar-refractivity contribution is 0.646. The SMILES string of the molecule is CCC(N)Cc1ccc(Sc2cccc(Br)c2)cc1Cl. The van der Waals surface area contributed by atoms with Crippen LogP contribution < -0.4 is 5.73 Å². The van der Waals surface area contributed by atoms with E-state index in [2.05, 4.69) is 47.1 Å². The van der Waals surface area contributed by atoms with Crippen LogP contribution in [0.5, 0.6) is 0 Å². The lowest BCUT2D eigenvalue weighted by Crippen LogP contribution is -2.21. The highest BCUT2D eigenvalue weighted by Crippen LogP contribution is 2.32. The molecule has 1 unspecified atom stereocenters. The lowest BCUT2D eigenvalue weighted by atomic mass is 10.1. The number of benzene rings is 2. The molecule has 0 aliphatic rings. The monoisotopic (exact) mass is 369 g/mol. The first-order valence-electron chi connectivity index (χ1n) is 6.56. The van der Waals surface area contributed by atoms with Crippen molar-refractivity contribution in [2.45, 2.75) is 35.6 Å². The molecule has 0 bridgehead atoms. The van der Waals surface area contributed by atoms with Gasteiger partial charge in [-0.2, -0.15) is 0 Å². The van der Waals surface area contributed by atoms with Crippen molar-refractivity contribution in [2.75, 3.05) is 0 Å². The Morgan fingerprint density at radius 3 is 2.60 bits per heavy atom. The summed E-state index contributed by atoms with van der Waals surface area (Å²) in [5, 5.41) is 0.800. The highest BCUT2D eigenvalue weighted by Gasteiger charge is 2.07. The molecule has 1 nitrogen and oxygen atoms in total. The number of hydrogen-bond donors (Lipinski definition) is 1. The number of rotatable bonds is 5. The Labute approximate surface area is 138 Å². The molecular formula is C16H17BrClNS. The summed E-state index contributed by atoms with van der Waals surface area (Å²) in [6.07, 6.45) is 1.79. The maximum Gasteiger partial charge on any atom is 0.0449 e. The maximum absolute atomic E-state index is 6.35. The Kier molecular flexibility index (Phi) is 5.97. The third-order valence-electron chi connectivity index (χ3n) is 3.06. The Morgan fingerprint density at radius 2 is 1.95 bits per heavy atom. The number of halogens is 2. The molecule has 0 saturated carbocycles. The van der Waals surface area contributed by atoms with Crippen LogP contribution in [-0.4, -0.2) is 6.04 Å². The van der Waals surface area contributed by atoms with Crippen LogP contribution in [0.1, 0.15) is 18.9 Å². The molecule has 20 heavy (non-hydrogen) atoms. The summed E-state index contributed by atoms with van der Waals surface area (Å²) in [5.74, 6) is 0. The summed E-state index contributed by atoms with van der Waals surface area (Å²) in [4.78, 5) is 2.33. The third kappa shape index (κ3) is 4.52. The van der Waals surface area contributed by atoms with Crippen molar-refractivity contribution in [1.29, 1.82) is 0 Å². The van der Waals surface area contributed by atoms with Crippen LogP contribution in [0.15, 0.2) is 56.7 Å². The molecule has 2 N–H and O–H groups in total. The molecule has 0 aliphatic heterocycles. The molecule has 4 heteroatoms. The highest BCUT2D eigenvalue weighted by atomic mass is 79.9. The van der Waals surface area contributed by atoms with Gasteiger partial charge in [-0.05, 0) is 48.7 Å². The van der Waals surface area contributed by atoms with E-state index in [0.717, 1.165) is 32.8 Å². The van der Waals surface area contributed by atoms with Crippen molar-refractivity contribution in [3.8, 4) is 0 Å². The molecule has 0 spiro atoms. The first-order chi connectivity index (χ1) is 9.58. The zero-order valence-electron chi connectivity index (χ0n) is 11.3. The normalized spacial score (nSPS) is 12.4. The van der Waals surface area contributed by atoms with Crippen LogP contribution in [-0.2, 0) is 6.42 Å². The van der Waals surface area contributed by atoms with Gasteiger partial charge < -0.3 is 5.73 Å². The molecule has 0 fully saturated rings. The van der Waals surface area contributed by atoms with Crippen LogP contribution in [0.3, 0.4) is 0 Å². The molecule has 106 valence electrons. The second kappa shape index (κ2) is 7.51. The van der Waals surface area contributed by atoms with Gasteiger partial charge in [0.1, 0.15) is 0 Å². The molecule has 2 aromatic carbocycles. The fourth-order valence-electron chi connectivity index (χ4n) is 1.85. The second-order valence-electron chi connectivity index (χ2n) is 4.69. The van der Waals surface area contributed by atoms with E-state index >= 15 is 0 Å². The third-order valence-corrected chi connectivity index (χ3v) is 4.89. The van der Waals surface area contributed by atoms with Gasteiger partial charge in [-0.3, -0.25) is 0 Å². The van der Waals surface area contributed by atoms with E-state index in [4.69, 9.17) is 17.3 Å². The summed E-state index contributed by atoms with van der Waals surface area (Å²) in [6.45, 7) is 2.09. The van der Waals surface area contributed by atoms with Crippen molar-refractivity contribution in [1.82, 2.24) is 0 Å². The van der Waals surface area contributed by atoms with Crippen LogP contribution in [0.2, 0.25) is 5.02 Å². The first-order valence-corrected chi connectivity index (χ1v) is 8.54. The predicted molar refractivity (Wildman–Crippen MR) is 91.7 cm³/mol. The number of nitrogens with two attached hydrogens (primary N) is 1. The summed E-state index contributed by atoms with van der Waals surface area (Å²) >= 11 is 11.5. The molecule has 0 amide bonds. The summed E-state index contributed by atoms with van der Waals surface area (Å²) in [7, 11) is 0. The van der Waals surface area contributed by atoms with Gasteiger partial charge in [-0.1, -0.05) is 58.3 Å². The van der Waals surface area contributed by atoms with E-state index in [1.165, 1.54) is 4.90 Å². The zero-order valence-corrected chi connectivity index (χ0v) is 14.4. The predicted octanol–water partition coefficient (Wildman–Crippen LogP) is 5.53.